The number of carbonyl (C=O) groups is 1. The van der Waals surface area contributed by atoms with E-state index in [4.69, 9.17) is 0 Å². The molecule has 0 saturated carbocycles. The minimum absolute atomic E-state index is 0.0834. The first-order valence-corrected chi connectivity index (χ1v) is 8.26. The molecular weight excluding hydrogens is 300 g/mol. The van der Waals surface area contributed by atoms with Crippen molar-refractivity contribution in [1.82, 2.24) is 14.7 Å². The van der Waals surface area contributed by atoms with Crippen molar-refractivity contribution in [2.75, 3.05) is 18.0 Å². The van der Waals surface area contributed by atoms with E-state index in [1.807, 2.05) is 30.5 Å². The molecule has 5 nitrogen and oxygen atoms in total. The van der Waals surface area contributed by atoms with E-state index < -0.39 is 0 Å². The largest absolute Gasteiger partial charge is 0.358 e. The second-order valence-electron chi connectivity index (χ2n) is 5.62. The number of nitrogens with one attached hydrogen (secondary N) is 1. The van der Waals surface area contributed by atoms with Crippen molar-refractivity contribution in [3.63, 3.8) is 0 Å². The van der Waals surface area contributed by atoms with Gasteiger partial charge in [-0.25, -0.2) is 0 Å². The number of pyridine rings is 2. The van der Waals surface area contributed by atoms with E-state index in [-0.39, 0.29) is 5.91 Å². The molecule has 3 heterocycles. The van der Waals surface area contributed by atoms with Gasteiger partial charge in [0.25, 0.3) is 5.91 Å². The fraction of sp³-hybridized carbons (Fsp3) is 0.263. The van der Waals surface area contributed by atoms with Crippen molar-refractivity contribution in [2.45, 2.75) is 20.4 Å². The van der Waals surface area contributed by atoms with Gasteiger partial charge in [-0.3, -0.25) is 9.78 Å². The topological polar surface area (TPSA) is 49.6 Å². The van der Waals surface area contributed by atoms with Crippen molar-refractivity contribution >= 4 is 17.2 Å². The monoisotopic (exact) mass is 322 g/mol. The molecule has 3 aromatic rings. The maximum absolute atomic E-state index is 12.4. The normalized spacial score (nSPS) is 10.8. The lowest BCUT2D eigenvalue weighted by Gasteiger charge is -2.20. The Morgan fingerprint density at radius 3 is 2.67 bits per heavy atom. The van der Waals surface area contributed by atoms with Crippen molar-refractivity contribution < 1.29 is 4.79 Å². The molecule has 0 saturated heterocycles. The first-order chi connectivity index (χ1) is 11.7. The molecule has 0 aromatic carbocycles. The van der Waals surface area contributed by atoms with Gasteiger partial charge in [-0.2, -0.15) is 0 Å². The van der Waals surface area contributed by atoms with Crippen LogP contribution in [0.1, 0.15) is 29.8 Å². The van der Waals surface area contributed by atoms with Gasteiger partial charge in [-0.05, 0) is 49.7 Å². The first-order valence-electron chi connectivity index (χ1n) is 8.26. The first kappa shape index (κ1) is 16.1. The Morgan fingerprint density at radius 2 is 1.96 bits per heavy atom. The van der Waals surface area contributed by atoms with E-state index in [2.05, 4.69) is 45.6 Å². The molecule has 0 aliphatic carbocycles. The van der Waals surface area contributed by atoms with Gasteiger partial charge in [-0.15, -0.1) is 0 Å². The zero-order valence-electron chi connectivity index (χ0n) is 14.1. The summed E-state index contributed by atoms with van der Waals surface area (Å²) in [5.41, 5.74) is 2.72. The molecule has 0 fully saturated rings. The molecule has 0 radical (unpaired) electrons. The fourth-order valence-electron chi connectivity index (χ4n) is 2.81. The van der Waals surface area contributed by atoms with E-state index in [9.17, 15) is 4.79 Å². The number of hydrogen-bond acceptors (Lipinski definition) is 3. The summed E-state index contributed by atoms with van der Waals surface area (Å²) in [7, 11) is 0. The van der Waals surface area contributed by atoms with Crippen LogP contribution in [-0.2, 0) is 6.54 Å². The maximum Gasteiger partial charge on any atom is 0.253 e. The van der Waals surface area contributed by atoms with Crippen LogP contribution in [0.15, 0.2) is 55.0 Å². The predicted molar refractivity (Wildman–Crippen MR) is 96.4 cm³/mol. The molecule has 1 N–H and O–H groups in total. The number of amides is 1. The second-order valence-corrected chi connectivity index (χ2v) is 5.62. The molecule has 24 heavy (non-hydrogen) atoms. The number of nitrogens with zero attached hydrogens (tertiary/aromatic N) is 3. The highest BCUT2D eigenvalue weighted by Gasteiger charge is 2.11. The smallest absolute Gasteiger partial charge is 0.253 e. The third-order valence-electron chi connectivity index (χ3n) is 4.16. The van der Waals surface area contributed by atoms with Crippen LogP contribution < -0.4 is 10.2 Å². The molecule has 1 amide bonds. The number of anilines is 1. The van der Waals surface area contributed by atoms with Gasteiger partial charge in [0.15, 0.2) is 0 Å². The van der Waals surface area contributed by atoms with E-state index in [1.54, 1.807) is 12.4 Å². The molecule has 3 rings (SSSR count). The second kappa shape index (κ2) is 7.17. The van der Waals surface area contributed by atoms with Crippen LogP contribution in [0.4, 0.5) is 5.82 Å². The Morgan fingerprint density at radius 1 is 1.17 bits per heavy atom. The van der Waals surface area contributed by atoms with Gasteiger partial charge in [0.05, 0.1) is 5.56 Å². The third kappa shape index (κ3) is 3.25. The fourth-order valence-corrected chi connectivity index (χ4v) is 2.81. The van der Waals surface area contributed by atoms with Gasteiger partial charge in [0, 0.05) is 43.7 Å². The molecule has 0 spiro atoms. The summed E-state index contributed by atoms with van der Waals surface area (Å²) in [5.74, 6) is 1.02. The number of carbonyl (C=O) groups excluding carboxylic acids is 1. The van der Waals surface area contributed by atoms with Gasteiger partial charge in [-0.1, -0.05) is 6.07 Å². The van der Waals surface area contributed by atoms with E-state index in [1.165, 1.54) is 0 Å². The maximum atomic E-state index is 12.4. The van der Waals surface area contributed by atoms with Crippen molar-refractivity contribution in [3.05, 3.63) is 66.1 Å². The number of fused-ring (bicyclic) bond motifs is 1. The molecule has 0 unspecified atom stereocenters. The highest BCUT2D eigenvalue weighted by Crippen LogP contribution is 2.20. The summed E-state index contributed by atoms with van der Waals surface area (Å²) >= 11 is 0. The lowest BCUT2D eigenvalue weighted by molar-refractivity contribution is 0.0950. The highest BCUT2D eigenvalue weighted by molar-refractivity contribution is 5.94. The SMILES string of the molecule is CCN(CC)c1ccc2ccc(C(=O)NCc3cccnc3)cn12. The lowest BCUT2D eigenvalue weighted by atomic mass is 10.2. The van der Waals surface area contributed by atoms with Gasteiger partial charge >= 0.3 is 0 Å². The summed E-state index contributed by atoms with van der Waals surface area (Å²) < 4.78 is 2.08. The minimum Gasteiger partial charge on any atom is -0.358 e. The number of rotatable bonds is 6. The van der Waals surface area contributed by atoms with Crippen LogP contribution in [0.3, 0.4) is 0 Å². The third-order valence-corrected chi connectivity index (χ3v) is 4.16. The Hall–Kier alpha value is -2.82. The Labute approximate surface area is 141 Å². The summed E-state index contributed by atoms with van der Waals surface area (Å²) in [4.78, 5) is 18.8. The summed E-state index contributed by atoms with van der Waals surface area (Å²) in [6, 6.07) is 11.8. The molecule has 0 bridgehead atoms. The van der Waals surface area contributed by atoms with Crippen LogP contribution in [0.2, 0.25) is 0 Å². The van der Waals surface area contributed by atoms with Crippen LogP contribution in [0.5, 0.6) is 0 Å². The molecule has 0 aliphatic rings. The van der Waals surface area contributed by atoms with Crippen molar-refractivity contribution in [2.24, 2.45) is 0 Å². The Bertz CT molecular complexity index is 822. The molecule has 5 heteroatoms. The Balaban J connectivity index is 1.81. The van der Waals surface area contributed by atoms with Crippen molar-refractivity contribution in [1.29, 1.82) is 0 Å². The number of hydrogen-bond donors (Lipinski definition) is 1. The van der Waals surface area contributed by atoms with E-state index in [0.717, 1.165) is 30.0 Å². The summed E-state index contributed by atoms with van der Waals surface area (Å²) in [6.45, 7) is 6.60. The predicted octanol–water partition coefficient (Wildman–Crippen LogP) is 3.11. The molecule has 3 aromatic heterocycles. The average molecular weight is 322 g/mol. The Kier molecular flexibility index (Phi) is 4.79. The molecule has 0 atom stereocenters. The van der Waals surface area contributed by atoms with Crippen molar-refractivity contribution in [3.8, 4) is 0 Å². The quantitative estimate of drug-likeness (QED) is 0.758. The number of aromatic nitrogens is 2. The van der Waals surface area contributed by atoms with Gasteiger partial charge < -0.3 is 14.6 Å². The molecule has 0 aliphatic heterocycles. The lowest BCUT2D eigenvalue weighted by Crippen LogP contribution is -2.25. The zero-order valence-corrected chi connectivity index (χ0v) is 14.1. The van der Waals surface area contributed by atoms with E-state index >= 15 is 0 Å². The summed E-state index contributed by atoms with van der Waals surface area (Å²) in [6.07, 6.45) is 5.38. The summed E-state index contributed by atoms with van der Waals surface area (Å²) in [5, 5.41) is 2.94. The van der Waals surface area contributed by atoms with Crippen LogP contribution >= 0.6 is 0 Å². The standard InChI is InChI=1S/C19H22N4O/c1-3-22(4-2)18-10-9-17-8-7-16(14-23(17)18)19(24)21-13-15-6-5-11-20-12-15/h5-12,14H,3-4,13H2,1-2H3,(H,21,24). The highest BCUT2D eigenvalue weighted by atomic mass is 16.1. The van der Waals surface area contributed by atoms with Gasteiger partial charge in [0.2, 0.25) is 0 Å². The van der Waals surface area contributed by atoms with Crippen LogP contribution in [0.25, 0.3) is 5.52 Å². The van der Waals surface area contributed by atoms with E-state index in [0.29, 0.717) is 12.1 Å². The van der Waals surface area contributed by atoms with Gasteiger partial charge in [0.1, 0.15) is 5.82 Å². The van der Waals surface area contributed by atoms with Crippen LogP contribution in [-0.4, -0.2) is 28.4 Å². The average Bonchev–Trinajstić information content (AvgIpc) is 3.05. The molecule has 124 valence electrons. The zero-order chi connectivity index (χ0) is 16.9. The molecular formula is C19H22N4O. The van der Waals surface area contributed by atoms with Crippen LogP contribution in [0, 0.1) is 0 Å². The minimum atomic E-state index is -0.0834.